The lowest BCUT2D eigenvalue weighted by atomic mass is 9.89. The summed E-state index contributed by atoms with van der Waals surface area (Å²) in [5.74, 6) is 0.918. The molecule has 0 radical (unpaired) electrons. The molecule has 7 N–H and O–H groups in total. The van der Waals surface area contributed by atoms with Gasteiger partial charge in [-0.05, 0) is 118 Å². The Morgan fingerprint density at radius 1 is 1.17 bits per heavy atom. The normalized spacial score (nSPS) is 19.2. The summed E-state index contributed by atoms with van der Waals surface area (Å²) in [5.41, 5.74) is 15.4. The molecule has 12 heteroatoms. The number of aromatic amines is 1. The van der Waals surface area contributed by atoms with Crippen LogP contribution in [0.1, 0.15) is 75.0 Å². The van der Waals surface area contributed by atoms with Crippen molar-refractivity contribution in [1.29, 1.82) is 5.41 Å². The summed E-state index contributed by atoms with van der Waals surface area (Å²) in [6.07, 6.45) is 11.5. The molecule has 9 nitrogen and oxygen atoms in total. The number of aromatic nitrogens is 3. The van der Waals surface area contributed by atoms with E-state index >= 15 is 4.39 Å². The van der Waals surface area contributed by atoms with E-state index in [0.717, 1.165) is 74.8 Å². The van der Waals surface area contributed by atoms with Gasteiger partial charge in [0, 0.05) is 47.6 Å². The molecule has 48 heavy (non-hydrogen) atoms. The molecule has 6 rings (SSSR count). The predicted octanol–water partition coefficient (Wildman–Crippen LogP) is 6.53. The lowest BCUT2D eigenvalue weighted by Crippen LogP contribution is -2.43. The van der Waals surface area contributed by atoms with Gasteiger partial charge in [0.25, 0.3) is 0 Å². The second-order valence-corrected chi connectivity index (χ2v) is 14.8. The van der Waals surface area contributed by atoms with Crippen molar-refractivity contribution in [2.45, 2.75) is 82.3 Å². The zero-order valence-corrected chi connectivity index (χ0v) is 28.7. The summed E-state index contributed by atoms with van der Waals surface area (Å²) in [6.45, 7) is 1.01. The molecule has 0 amide bonds. The van der Waals surface area contributed by atoms with Crippen LogP contribution in [0.15, 0.2) is 53.5 Å². The highest BCUT2D eigenvalue weighted by Gasteiger charge is 2.31. The van der Waals surface area contributed by atoms with Crippen molar-refractivity contribution >= 4 is 39.6 Å². The van der Waals surface area contributed by atoms with Crippen LogP contribution in [0, 0.1) is 17.1 Å². The van der Waals surface area contributed by atoms with Gasteiger partial charge in [0.1, 0.15) is 5.65 Å². The first-order valence-electron chi connectivity index (χ1n) is 17.0. The summed E-state index contributed by atoms with van der Waals surface area (Å²) in [6, 6.07) is 14.0. The molecule has 0 unspecified atom stereocenters. The first-order valence-corrected chi connectivity index (χ1v) is 18.4. The monoisotopic (exact) mass is 693 g/mol. The number of benzene rings is 2. The molecule has 256 valence electrons. The van der Waals surface area contributed by atoms with Crippen molar-refractivity contribution in [3.63, 3.8) is 0 Å². The van der Waals surface area contributed by atoms with Gasteiger partial charge in [0.15, 0.2) is 11.0 Å². The molecule has 3 heterocycles. The molecular formula is C36H45ClFN7O2S. The fraction of sp³-hybridized carbons (Fsp3) is 0.472. The lowest BCUT2D eigenvalue weighted by Gasteiger charge is -2.42. The highest BCUT2D eigenvalue weighted by atomic mass is 35.5. The maximum Gasteiger partial charge on any atom is 0.354 e. The van der Waals surface area contributed by atoms with E-state index in [0.29, 0.717) is 39.9 Å². The van der Waals surface area contributed by atoms with Crippen molar-refractivity contribution in [2.75, 3.05) is 18.9 Å². The number of halogens is 2. The van der Waals surface area contributed by atoms with Crippen molar-refractivity contribution in [2.24, 2.45) is 17.4 Å². The number of nitrogens with zero attached hydrogens (tertiary/aromatic N) is 3. The van der Waals surface area contributed by atoms with Crippen LogP contribution in [0.5, 0.6) is 0 Å². The fourth-order valence-corrected chi connectivity index (χ4v) is 7.92. The molecule has 2 fully saturated rings. The number of hydrogen-bond acceptors (Lipinski definition) is 7. The number of H-pyrrole nitrogens is 1. The van der Waals surface area contributed by atoms with Gasteiger partial charge < -0.3 is 21.6 Å². The van der Waals surface area contributed by atoms with E-state index in [1.54, 1.807) is 18.3 Å². The Hall–Kier alpha value is -3.22. The van der Waals surface area contributed by atoms with Gasteiger partial charge >= 0.3 is 5.69 Å². The summed E-state index contributed by atoms with van der Waals surface area (Å²) in [5, 5.41) is 18.1. The third-order valence-electron chi connectivity index (χ3n) is 9.84. The number of aliphatic hydroxyl groups excluding tert-OH is 1. The second-order valence-electron chi connectivity index (χ2n) is 13.2. The number of hydrogen-bond donors (Lipinski definition) is 5. The van der Waals surface area contributed by atoms with Crippen molar-refractivity contribution in [1.82, 2.24) is 19.4 Å². The number of likely N-dealkylation sites (tertiary alicyclic amines) is 1. The van der Waals surface area contributed by atoms with Crippen LogP contribution in [0.2, 0.25) is 5.02 Å². The van der Waals surface area contributed by atoms with Gasteiger partial charge in [0.2, 0.25) is 0 Å². The van der Waals surface area contributed by atoms with Gasteiger partial charge in [-0.2, -0.15) is 4.98 Å². The van der Waals surface area contributed by atoms with E-state index in [2.05, 4.69) is 27.0 Å². The van der Waals surface area contributed by atoms with Crippen LogP contribution < -0.4 is 17.2 Å². The first-order chi connectivity index (χ1) is 23.2. The Kier molecular flexibility index (Phi) is 11.2. The average Bonchev–Trinajstić information content (AvgIpc) is 3.85. The average molecular weight is 694 g/mol. The van der Waals surface area contributed by atoms with Crippen LogP contribution in [0.25, 0.3) is 28.0 Å². The standard InChI is InChI=1S/C36H45ClFN7O2S/c37-29-19-22(4-1-6-30(39)23-8-9-23)18-28(33(29)38)31-20-25-21-45(36(47)43-34(25)42-31)27-12-10-24(11-13-27)32-7-2-5-26(14-16-46)44(32)15-3-17-48-35(40)41/h10-13,18-21,23,26,30,32,46H,1-9,14-17,39H2,(H3,40,41)(H,42,43,47)/t26-,30+,32-/m0/s1. The summed E-state index contributed by atoms with van der Waals surface area (Å²) >= 11 is 7.69. The Bertz CT molecular complexity index is 1790. The SMILES string of the molecule is N=C(N)SCCCN1[C@H](CCO)CCC[C@H]1c1ccc(-n2cc3cc(-c4cc(CCC[C@@H](N)C5CC5)cc(Cl)c4F)[nH]c3nc2=O)cc1. The second kappa shape index (κ2) is 15.6. The molecule has 0 bridgehead atoms. The number of aryl methyl sites for hydroxylation is 1. The minimum absolute atomic E-state index is 0.0643. The predicted molar refractivity (Wildman–Crippen MR) is 194 cm³/mol. The fourth-order valence-electron chi connectivity index (χ4n) is 7.19. The van der Waals surface area contributed by atoms with Crippen molar-refractivity contribution in [3.05, 3.63) is 81.1 Å². The molecular weight excluding hydrogens is 649 g/mol. The van der Waals surface area contributed by atoms with E-state index < -0.39 is 11.5 Å². The van der Waals surface area contributed by atoms with Crippen LogP contribution in [0.4, 0.5) is 4.39 Å². The first kappa shape index (κ1) is 34.6. The van der Waals surface area contributed by atoms with Gasteiger partial charge in [0.05, 0.1) is 16.4 Å². The number of piperidine rings is 1. The molecule has 1 saturated carbocycles. The van der Waals surface area contributed by atoms with Gasteiger partial charge in [-0.15, -0.1) is 0 Å². The Morgan fingerprint density at radius 3 is 2.69 bits per heavy atom. The van der Waals surface area contributed by atoms with E-state index in [4.69, 9.17) is 28.5 Å². The number of rotatable bonds is 14. The van der Waals surface area contributed by atoms with Crippen LogP contribution >= 0.6 is 23.4 Å². The van der Waals surface area contributed by atoms with E-state index in [1.165, 1.54) is 29.2 Å². The molecule has 0 spiro atoms. The number of amidine groups is 1. The van der Waals surface area contributed by atoms with Crippen LogP contribution in [-0.2, 0) is 6.42 Å². The lowest BCUT2D eigenvalue weighted by molar-refractivity contribution is 0.0654. The van der Waals surface area contributed by atoms with Crippen molar-refractivity contribution in [3.8, 4) is 16.9 Å². The summed E-state index contributed by atoms with van der Waals surface area (Å²) < 4.78 is 16.8. The molecule has 2 aromatic heterocycles. The quantitative estimate of drug-likeness (QED) is 0.0573. The van der Waals surface area contributed by atoms with Gasteiger partial charge in [-0.25, -0.2) is 9.18 Å². The maximum absolute atomic E-state index is 15.3. The van der Waals surface area contributed by atoms with Gasteiger partial charge in [-0.3, -0.25) is 14.9 Å². The molecule has 1 saturated heterocycles. The number of fused-ring (bicyclic) bond motifs is 1. The van der Waals surface area contributed by atoms with Crippen LogP contribution in [0.3, 0.4) is 0 Å². The smallest absolute Gasteiger partial charge is 0.354 e. The highest BCUT2D eigenvalue weighted by molar-refractivity contribution is 8.13. The molecule has 4 aromatic rings. The number of nitrogens with two attached hydrogens (primary N) is 2. The van der Waals surface area contributed by atoms with Crippen molar-refractivity contribution < 1.29 is 9.50 Å². The third kappa shape index (κ3) is 8.14. The molecule has 3 atom stereocenters. The van der Waals surface area contributed by atoms with Crippen LogP contribution in [-0.4, -0.2) is 60.7 Å². The third-order valence-corrected chi connectivity index (χ3v) is 10.9. The van der Waals surface area contributed by atoms with Gasteiger partial charge in [-0.1, -0.05) is 35.5 Å². The topological polar surface area (TPSA) is 150 Å². The van der Waals surface area contributed by atoms with E-state index in [9.17, 15) is 9.90 Å². The highest BCUT2D eigenvalue weighted by Crippen LogP contribution is 2.37. The molecule has 2 aliphatic rings. The molecule has 1 aliphatic carbocycles. The minimum atomic E-state index is -0.511. The minimum Gasteiger partial charge on any atom is -0.396 e. The Labute approximate surface area is 289 Å². The van der Waals surface area contributed by atoms with E-state index in [1.807, 2.05) is 18.2 Å². The molecule has 1 aliphatic heterocycles. The largest absolute Gasteiger partial charge is 0.396 e. The maximum atomic E-state index is 15.3. The number of aliphatic hydroxyl groups is 1. The summed E-state index contributed by atoms with van der Waals surface area (Å²) in [7, 11) is 0. The Morgan fingerprint density at radius 2 is 1.96 bits per heavy atom. The zero-order valence-electron chi connectivity index (χ0n) is 27.1. The molecule has 2 aromatic carbocycles. The zero-order chi connectivity index (χ0) is 33.8. The number of nitrogens with one attached hydrogen (secondary N) is 2. The summed E-state index contributed by atoms with van der Waals surface area (Å²) in [4.78, 5) is 23.1. The van der Waals surface area contributed by atoms with E-state index in [-0.39, 0.29) is 28.9 Å². The number of thioether (sulfide) groups is 1. The Balaban J connectivity index is 1.21.